The molecule has 3 aliphatic heterocycles. The van der Waals surface area contributed by atoms with Crippen LogP contribution >= 0.6 is 0 Å². The van der Waals surface area contributed by atoms with E-state index in [9.17, 15) is 14.3 Å². The number of hydrogen-bond acceptors (Lipinski definition) is 9. The summed E-state index contributed by atoms with van der Waals surface area (Å²) >= 11 is 0. The van der Waals surface area contributed by atoms with Gasteiger partial charge in [-0.05, 0) is 85.0 Å². The van der Waals surface area contributed by atoms with Crippen LogP contribution in [0.1, 0.15) is 54.4 Å². The number of phenols is 1. The zero-order valence-electron chi connectivity index (χ0n) is 30.0. The van der Waals surface area contributed by atoms with E-state index in [0.717, 1.165) is 42.4 Å². The van der Waals surface area contributed by atoms with Gasteiger partial charge in [-0.2, -0.15) is 20.2 Å². The molecule has 3 aliphatic rings. The van der Waals surface area contributed by atoms with Gasteiger partial charge in [0.2, 0.25) is 0 Å². The van der Waals surface area contributed by atoms with Crippen LogP contribution in [0.5, 0.6) is 11.8 Å². The Balaban J connectivity index is 1.23. The number of carbonyl (C=O) groups excluding carboxylic acids is 1. The van der Waals surface area contributed by atoms with Crippen molar-refractivity contribution in [2.75, 3.05) is 45.2 Å². The molecule has 53 heavy (non-hydrogen) atoms. The Labute approximate surface area is 304 Å². The van der Waals surface area contributed by atoms with Crippen molar-refractivity contribution in [1.82, 2.24) is 39.2 Å². The Morgan fingerprint density at radius 2 is 1.94 bits per heavy atom. The van der Waals surface area contributed by atoms with Gasteiger partial charge in [0.25, 0.3) is 5.91 Å². The highest BCUT2D eigenvalue weighted by atomic mass is 19.1. The van der Waals surface area contributed by atoms with Crippen LogP contribution in [0.25, 0.3) is 38.4 Å². The maximum absolute atomic E-state index is 15.3. The van der Waals surface area contributed by atoms with E-state index in [1.54, 1.807) is 43.0 Å². The molecule has 2 aromatic carbocycles. The van der Waals surface area contributed by atoms with Crippen LogP contribution in [0, 0.1) is 5.82 Å². The molecule has 0 bridgehead atoms. The number of ether oxygens (including phenoxy) is 1. The van der Waals surface area contributed by atoms with Gasteiger partial charge >= 0.3 is 6.01 Å². The normalized spacial score (nSPS) is 20.3. The number of fused-ring (bicyclic) bond motifs is 6. The molecule has 274 valence electrons. The molecular formula is C39H41F2N9O3. The number of nitrogens with zero attached hydrogens (tertiary/aromatic N) is 9. The second-order valence-electron chi connectivity index (χ2n) is 14.8. The standard InChI is InChI=1S/C39H41F2N9O3/c1-4-27-29(41)8-7-23-15-26(51)17-28(34(23)27)33-18-30-35(32-9-11-42-50(32)33)36(44-38(43-30)53-22-39-10-5-13-48(39)20-24(40)19-39)47-12-6-14-49-25(21-47)16-31(45-49)37(52)46(2)3/h7-9,11,15-18,24,51H,4-6,10,12-14,19-22H2,1-3H3/t24-,39+/m1/s1. The van der Waals surface area contributed by atoms with Crippen molar-refractivity contribution in [3.8, 4) is 23.0 Å². The quantitative estimate of drug-likeness (QED) is 0.219. The zero-order chi connectivity index (χ0) is 36.6. The number of anilines is 1. The molecule has 1 amide bonds. The average Bonchev–Trinajstić information content (AvgIpc) is 3.91. The van der Waals surface area contributed by atoms with E-state index in [1.165, 1.54) is 11.0 Å². The van der Waals surface area contributed by atoms with E-state index >= 15 is 4.39 Å². The van der Waals surface area contributed by atoms with Crippen molar-refractivity contribution in [2.24, 2.45) is 0 Å². The maximum atomic E-state index is 15.3. The summed E-state index contributed by atoms with van der Waals surface area (Å²) in [5, 5.41) is 22.4. The number of benzene rings is 2. The Morgan fingerprint density at radius 3 is 2.77 bits per heavy atom. The Kier molecular flexibility index (Phi) is 7.98. The molecule has 0 aliphatic carbocycles. The predicted molar refractivity (Wildman–Crippen MR) is 197 cm³/mol. The summed E-state index contributed by atoms with van der Waals surface area (Å²) in [6.07, 6.45) is 4.25. The van der Waals surface area contributed by atoms with Gasteiger partial charge in [0.1, 0.15) is 30.2 Å². The minimum Gasteiger partial charge on any atom is -0.508 e. The number of rotatable bonds is 7. The highest BCUT2D eigenvalue weighted by Crippen LogP contribution is 2.42. The van der Waals surface area contributed by atoms with Crippen LogP contribution in [-0.4, -0.2) is 102 Å². The number of pyridine rings is 1. The summed E-state index contributed by atoms with van der Waals surface area (Å²) in [4.78, 5) is 28.8. The fourth-order valence-electron chi connectivity index (χ4n) is 8.83. The number of aromatic nitrogens is 6. The molecule has 2 saturated heterocycles. The number of amides is 1. The van der Waals surface area contributed by atoms with E-state index in [0.29, 0.717) is 83.6 Å². The second-order valence-corrected chi connectivity index (χ2v) is 14.8. The zero-order valence-corrected chi connectivity index (χ0v) is 30.0. The first kappa shape index (κ1) is 33.5. The molecule has 0 spiro atoms. The van der Waals surface area contributed by atoms with Crippen molar-refractivity contribution in [3.05, 3.63) is 71.4 Å². The summed E-state index contributed by atoms with van der Waals surface area (Å²) in [5.74, 6) is 0.199. The number of aromatic hydroxyl groups is 1. The molecule has 0 unspecified atom stereocenters. The molecule has 4 aromatic heterocycles. The fraction of sp³-hybridized carbons (Fsp3) is 0.410. The van der Waals surface area contributed by atoms with E-state index in [4.69, 9.17) is 19.8 Å². The maximum Gasteiger partial charge on any atom is 0.319 e. The largest absolute Gasteiger partial charge is 0.508 e. The van der Waals surface area contributed by atoms with Crippen LogP contribution in [-0.2, 0) is 19.5 Å². The third-order valence-corrected chi connectivity index (χ3v) is 11.3. The highest BCUT2D eigenvalue weighted by molar-refractivity contribution is 6.06. The molecule has 0 saturated carbocycles. The highest BCUT2D eigenvalue weighted by Gasteiger charge is 2.49. The number of aryl methyl sites for hydroxylation is 2. The van der Waals surface area contributed by atoms with Crippen molar-refractivity contribution >= 4 is 38.9 Å². The van der Waals surface area contributed by atoms with Crippen LogP contribution in [0.3, 0.4) is 0 Å². The van der Waals surface area contributed by atoms with E-state index < -0.39 is 11.7 Å². The van der Waals surface area contributed by atoms with Crippen molar-refractivity contribution < 1.29 is 23.4 Å². The predicted octanol–water partition coefficient (Wildman–Crippen LogP) is 5.77. The van der Waals surface area contributed by atoms with Gasteiger partial charge in [-0.25, -0.2) is 13.3 Å². The molecule has 2 atom stereocenters. The lowest BCUT2D eigenvalue weighted by Gasteiger charge is -2.31. The van der Waals surface area contributed by atoms with Gasteiger partial charge in [0.05, 0.1) is 46.1 Å². The first-order chi connectivity index (χ1) is 25.6. The molecule has 6 aromatic rings. The van der Waals surface area contributed by atoms with Crippen molar-refractivity contribution in [1.29, 1.82) is 0 Å². The Morgan fingerprint density at radius 1 is 1.08 bits per heavy atom. The smallest absolute Gasteiger partial charge is 0.319 e. The monoisotopic (exact) mass is 721 g/mol. The van der Waals surface area contributed by atoms with Crippen LogP contribution < -0.4 is 9.64 Å². The lowest BCUT2D eigenvalue weighted by Crippen LogP contribution is -2.43. The lowest BCUT2D eigenvalue weighted by atomic mass is 9.94. The third-order valence-electron chi connectivity index (χ3n) is 11.3. The molecule has 14 heteroatoms. The molecule has 12 nitrogen and oxygen atoms in total. The van der Waals surface area contributed by atoms with Crippen molar-refractivity contribution in [2.45, 2.75) is 63.8 Å². The summed E-state index contributed by atoms with van der Waals surface area (Å²) in [7, 11) is 3.42. The first-order valence-electron chi connectivity index (χ1n) is 18.3. The van der Waals surface area contributed by atoms with Crippen LogP contribution in [0.15, 0.2) is 48.7 Å². The van der Waals surface area contributed by atoms with Gasteiger partial charge in [-0.1, -0.05) is 13.0 Å². The Hall–Kier alpha value is -5.37. The average molecular weight is 722 g/mol. The molecular weight excluding hydrogens is 680 g/mol. The molecule has 7 heterocycles. The molecule has 0 radical (unpaired) electrons. The summed E-state index contributed by atoms with van der Waals surface area (Å²) in [5.41, 5.74) is 3.95. The number of hydrogen-bond donors (Lipinski definition) is 1. The van der Waals surface area contributed by atoms with Crippen LogP contribution in [0.2, 0.25) is 0 Å². The van der Waals surface area contributed by atoms with E-state index in [2.05, 4.69) is 14.9 Å². The summed E-state index contributed by atoms with van der Waals surface area (Å²) in [6, 6.07) is 12.2. The SMILES string of the molecule is CCc1c(F)ccc2cc(O)cc(-c3cc4nc(OC[C@@]56CCCN5C[C@H](F)C6)nc(N5CCCn6nc(C(=O)N(C)C)cc6C5)c4c4ccnn34)c12. The number of halogens is 2. The molecule has 2 fully saturated rings. The van der Waals surface area contributed by atoms with Crippen molar-refractivity contribution in [3.63, 3.8) is 0 Å². The number of phenolic OH excluding ortho intramolecular Hbond substituents is 1. The van der Waals surface area contributed by atoms with Gasteiger partial charge in [-0.3, -0.25) is 14.4 Å². The molecule has 9 rings (SSSR count). The number of carbonyl (C=O) groups is 1. The third kappa shape index (κ3) is 5.53. The number of alkyl halides is 1. The Bertz CT molecular complexity index is 2430. The van der Waals surface area contributed by atoms with E-state index in [1.807, 2.05) is 29.8 Å². The second kappa shape index (κ2) is 12.6. The topological polar surface area (TPSA) is 117 Å². The van der Waals surface area contributed by atoms with Gasteiger partial charge < -0.3 is 19.6 Å². The minimum atomic E-state index is -0.897. The summed E-state index contributed by atoms with van der Waals surface area (Å²) < 4.78 is 40.2. The fourth-order valence-corrected chi connectivity index (χ4v) is 8.83. The molecule has 1 N–H and O–H groups in total. The van der Waals surface area contributed by atoms with Gasteiger partial charge in [0, 0.05) is 45.7 Å². The lowest BCUT2D eigenvalue weighted by molar-refractivity contribution is 0.0821. The van der Waals surface area contributed by atoms with Gasteiger partial charge in [0.15, 0.2) is 5.69 Å². The minimum absolute atomic E-state index is 0.0466. The van der Waals surface area contributed by atoms with E-state index in [-0.39, 0.29) is 30.1 Å². The first-order valence-corrected chi connectivity index (χ1v) is 18.3. The van der Waals surface area contributed by atoms with Gasteiger partial charge in [-0.15, -0.1) is 0 Å². The summed E-state index contributed by atoms with van der Waals surface area (Å²) in [6.45, 7) is 5.13. The van der Waals surface area contributed by atoms with Crippen LogP contribution in [0.4, 0.5) is 14.6 Å².